The third-order valence-electron chi connectivity index (χ3n) is 3.18. The van der Waals surface area contributed by atoms with Crippen LogP contribution in [0.5, 0.6) is 0 Å². The number of nitrogens with one attached hydrogen (secondary N) is 2. The fraction of sp³-hybridized carbons (Fsp3) is 0.846. The monoisotopic (exact) mass is 253 g/mol. The lowest BCUT2D eigenvalue weighted by atomic mass is 9.93. The van der Waals surface area contributed by atoms with Gasteiger partial charge < -0.3 is 15.4 Å². The lowest BCUT2D eigenvalue weighted by Crippen LogP contribution is -2.36. The number of hydrogen-bond acceptors (Lipinski definition) is 4. The number of carbonyl (C=O) groups is 1. The van der Waals surface area contributed by atoms with Crippen LogP contribution in [0.1, 0.15) is 39.0 Å². The Hall–Kier alpha value is -1.12. The smallest absolute Gasteiger partial charge is 0.246 e. The highest BCUT2D eigenvalue weighted by Crippen LogP contribution is 2.20. The summed E-state index contributed by atoms with van der Waals surface area (Å²) in [5.41, 5.74) is 0. The SMILES string of the molecule is CCNC1CCC(OCC(=O)NCCC#N)CC1. The molecule has 2 N–H and O–H groups in total. The molecule has 0 saturated heterocycles. The summed E-state index contributed by atoms with van der Waals surface area (Å²) in [4.78, 5) is 11.4. The Morgan fingerprint density at radius 1 is 1.39 bits per heavy atom. The molecule has 18 heavy (non-hydrogen) atoms. The molecule has 0 radical (unpaired) electrons. The molecule has 0 unspecified atom stereocenters. The maximum Gasteiger partial charge on any atom is 0.246 e. The van der Waals surface area contributed by atoms with Gasteiger partial charge in [0.15, 0.2) is 0 Å². The summed E-state index contributed by atoms with van der Waals surface area (Å²) in [5, 5.41) is 14.4. The van der Waals surface area contributed by atoms with E-state index >= 15 is 0 Å². The Balaban J connectivity index is 2.07. The van der Waals surface area contributed by atoms with Gasteiger partial charge in [0.25, 0.3) is 0 Å². The lowest BCUT2D eigenvalue weighted by Gasteiger charge is -2.28. The van der Waals surface area contributed by atoms with Crippen LogP contribution in [-0.2, 0) is 9.53 Å². The number of rotatable bonds is 7. The third-order valence-corrected chi connectivity index (χ3v) is 3.18. The summed E-state index contributed by atoms with van der Waals surface area (Å²) < 4.78 is 5.58. The van der Waals surface area contributed by atoms with Crippen molar-refractivity contribution >= 4 is 5.91 Å². The highest BCUT2D eigenvalue weighted by molar-refractivity contribution is 5.77. The number of ether oxygens (including phenoxy) is 1. The van der Waals surface area contributed by atoms with Crippen LogP contribution < -0.4 is 10.6 Å². The van der Waals surface area contributed by atoms with Gasteiger partial charge in [0.2, 0.25) is 5.91 Å². The normalized spacial score (nSPS) is 23.3. The highest BCUT2D eigenvalue weighted by Gasteiger charge is 2.21. The van der Waals surface area contributed by atoms with Crippen LogP contribution in [0, 0.1) is 11.3 Å². The molecule has 0 aromatic carbocycles. The van der Waals surface area contributed by atoms with Crippen molar-refractivity contribution in [1.82, 2.24) is 10.6 Å². The summed E-state index contributed by atoms with van der Waals surface area (Å²) in [5.74, 6) is -0.126. The fourth-order valence-corrected chi connectivity index (χ4v) is 2.22. The molecular formula is C13H23N3O2. The largest absolute Gasteiger partial charge is 0.368 e. The first-order valence-corrected chi connectivity index (χ1v) is 6.75. The van der Waals surface area contributed by atoms with Crippen molar-refractivity contribution in [2.24, 2.45) is 0 Å². The Labute approximate surface area is 109 Å². The highest BCUT2D eigenvalue weighted by atomic mass is 16.5. The van der Waals surface area contributed by atoms with Crippen molar-refractivity contribution in [2.45, 2.75) is 51.2 Å². The van der Waals surface area contributed by atoms with Crippen LogP contribution in [0.2, 0.25) is 0 Å². The Morgan fingerprint density at radius 2 is 2.11 bits per heavy atom. The molecule has 1 aliphatic rings. The van der Waals surface area contributed by atoms with Crippen molar-refractivity contribution in [1.29, 1.82) is 5.26 Å². The molecule has 0 atom stereocenters. The first-order valence-electron chi connectivity index (χ1n) is 6.75. The predicted octanol–water partition coefficient (Wildman–Crippen LogP) is 0.954. The predicted molar refractivity (Wildman–Crippen MR) is 68.9 cm³/mol. The van der Waals surface area contributed by atoms with Gasteiger partial charge in [-0.3, -0.25) is 4.79 Å². The van der Waals surface area contributed by atoms with E-state index in [0.717, 1.165) is 32.2 Å². The maximum absolute atomic E-state index is 11.4. The average molecular weight is 253 g/mol. The molecular weight excluding hydrogens is 230 g/mol. The summed E-state index contributed by atoms with van der Waals surface area (Å²) in [6.45, 7) is 3.65. The molecule has 102 valence electrons. The Morgan fingerprint density at radius 3 is 2.72 bits per heavy atom. The van der Waals surface area contributed by atoms with Crippen LogP contribution >= 0.6 is 0 Å². The summed E-state index contributed by atoms with van der Waals surface area (Å²) in [6.07, 6.45) is 4.83. The number of carbonyl (C=O) groups excluding carboxylic acids is 1. The molecule has 1 amide bonds. The second kappa shape index (κ2) is 8.90. The minimum Gasteiger partial charge on any atom is -0.368 e. The van der Waals surface area contributed by atoms with Crippen molar-refractivity contribution in [3.63, 3.8) is 0 Å². The molecule has 0 bridgehead atoms. The zero-order valence-electron chi connectivity index (χ0n) is 11.1. The number of amides is 1. The lowest BCUT2D eigenvalue weighted by molar-refractivity contribution is -0.128. The van der Waals surface area contributed by atoms with Gasteiger partial charge in [0, 0.05) is 12.6 Å². The first kappa shape index (κ1) is 14.9. The molecule has 0 aromatic heterocycles. The van der Waals surface area contributed by atoms with Crippen LogP contribution in [0.3, 0.4) is 0 Å². The molecule has 5 nitrogen and oxygen atoms in total. The van der Waals surface area contributed by atoms with E-state index in [1.807, 2.05) is 6.07 Å². The van der Waals surface area contributed by atoms with Crippen molar-refractivity contribution in [3.8, 4) is 6.07 Å². The quantitative estimate of drug-likeness (QED) is 0.663. The Kier molecular flexibility index (Phi) is 7.38. The van der Waals surface area contributed by atoms with Gasteiger partial charge in [0.05, 0.1) is 18.6 Å². The van der Waals surface area contributed by atoms with Gasteiger partial charge in [-0.2, -0.15) is 5.26 Å². The molecule has 1 saturated carbocycles. The molecule has 0 aliphatic heterocycles. The third kappa shape index (κ3) is 5.99. The Bertz CT molecular complexity index is 280. The molecule has 1 rings (SSSR count). The summed E-state index contributed by atoms with van der Waals surface area (Å²) >= 11 is 0. The van der Waals surface area contributed by atoms with Gasteiger partial charge in [-0.15, -0.1) is 0 Å². The molecule has 0 aromatic rings. The van der Waals surface area contributed by atoms with Crippen molar-refractivity contribution < 1.29 is 9.53 Å². The van der Waals surface area contributed by atoms with E-state index < -0.39 is 0 Å². The first-order chi connectivity index (χ1) is 8.76. The number of hydrogen-bond donors (Lipinski definition) is 2. The molecule has 0 heterocycles. The minimum atomic E-state index is -0.126. The zero-order valence-corrected chi connectivity index (χ0v) is 11.1. The van der Waals surface area contributed by atoms with Crippen molar-refractivity contribution in [2.75, 3.05) is 19.7 Å². The molecule has 1 aliphatic carbocycles. The average Bonchev–Trinajstić information content (AvgIpc) is 2.39. The van der Waals surface area contributed by atoms with Gasteiger partial charge in [-0.05, 0) is 32.2 Å². The van der Waals surface area contributed by atoms with Crippen LogP contribution in [-0.4, -0.2) is 37.7 Å². The van der Waals surface area contributed by atoms with Crippen LogP contribution in [0.25, 0.3) is 0 Å². The van der Waals surface area contributed by atoms with E-state index in [1.165, 1.54) is 0 Å². The van der Waals surface area contributed by atoms with E-state index in [4.69, 9.17) is 10.00 Å². The molecule has 0 spiro atoms. The van der Waals surface area contributed by atoms with Gasteiger partial charge in [-0.1, -0.05) is 6.92 Å². The number of nitrogens with zero attached hydrogens (tertiary/aromatic N) is 1. The van der Waals surface area contributed by atoms with E-state index in [1.54, 1.807) is 0 Å². The standard InChI is InChI=1S/C13H23N3O2/c1-2-15-11-4-6-12(7-5-11)18-10-13(17)16-9-3-8-14/h11-12,15H,2-7,9-10H2,1H3,(H,16,17). The van der Waals surface area contributed by atoms with Crippen molar-refractivity contribution in [3.05, 3.63) is 0 Å². The summed E-state index contributed by atoms with van der Waals surface area (Å²) in [6, 6.07) is 2.59. The van der Waals surface area contributed by atoms with Gasteiger partial charge in [-0.25, -0.2) is 0 Å². The zero-order chi connectivity index (χ0) is 13.2. The van der Waals surface area contributed by atoms with E-state index in [-0.39, 0.29) is 18.6 Å². The molecule has 5 heteroatoms. The summed E-state index contributed by atoms with van der Waals surface area (Å²) in [7, 11) is 0. The van der Waals surface area contributed by atoms with E-state index in [9.17, 15) is 4.79 Å². The van der Waals surface area contributed by atoms with Gasteiger partial charge in [0.1, 0.15) is 6.61 Å². The van der Waals surface area contributed by atoms with Crippen LogP contribution in [0.15, 0.2) is 0 Å². The maximum atomic E-state index is 11.4. The second-order valence-corrected chi connectivity index (χ2v) is 4.60. The van der Waals surface area contributed by atoms with E-state index in [2.05, 4.69) is 17.6 Å². The topological polar surface area (TPSA) is 74.2 Å². The number of nitriles is 1. The fourth-order valence-electron chi connectivity index (χ4n) is 2.22. The van der Waals surface area contributed by atoms with E-state index in [0.29, 0.717) is 19.0 Å². The van der Waals surface area contributed by atoms with Gasteiger partial charge >= 0.3 is 0 Å². The second-order valence-electron chi connectivity index (χ2n) is 4.60. The molecule has 1 fully saturated rings. The minimum absolute atomic E-state index is 0.113. The van der Waals surface area contributed by atoms with Crippen LogP contribution in [0.4, 0.5) is 0 Å².